The van der Waals surface area contributed by atoms with Crippen molar-refractivity contribution in [3.8, 4) is 0 Å². The van der Waals surface area contributed by atoms with E-state index in [1.165, 1.54) is 0 Å². The molecule has 0 fully saturated rings. The summed E-state index contributed by atoms with van der Waals surface area (Å²) in [5, 5.41) is 3.23. The van der Waals surface area contributed by atoms with Gasteiger partial charge in [0, 0.05) is 23.9 Å². The SMILES string of the molecule is Cc1csc(C)[n+]1CC(=O)c1ccc(Br)cc1. The Bertz CT molecular complexity index is 526. The van der Waals surface area contributed by atoms with Crippen LogP contribution in [-0.4, -0.2) is 5.78 Å². The van der Waals surface area contributed by atoms with Crippen molar-refractivity contribution in [2.24, 2.45) is 0 Å². The van der Waals surface area contributed by atoms with Gasteiger partial charge in [-0.25, -0.2) is 0 Å². The highest BCUT2D eigenvalue weighted by atomic mass is 79.9. The van der Waals surface area contributed by atoms with E-state index >= 15 is 0 Å². The molecule has 0 saturated heterocycles. The summed E-state index contributed by atoms with van der Waals surface area (Å²) in [6.07, 6.45) is 0. The Morgan fingerprint density at radius 2 is 1.94 bits per heavy atom. The number of halogens is 1. The zero-order valence-electron chi connectivity index (χ0n) is 9.74. The van der Waals surface area contributed by atoms with E-state index in [-0.39, 0.29) is 5.78 Å². The fourth-order valence-corrected chi connectivity index (χ4v) is 2.72. The molecule has 0 unspecified atom stereocenters. The normalized spacial score (nSPS) is 10.5. The van der Waals surface area contributed by atoms with E-state index in [4.69, 9.17) is 0 Å². The van der Waals surface area contributed by atoms with Crippen molar-refractivity contribution in [2.75, 3.05) is 0 Å². The lowest BCUT2D eigenvalue weighted by molar-refractivity contribution is -0.689. The molecule has 2 nitrogen and oxygen atoms in total. The lowest BCUT2D eigenvalue weighted by Crippen LogP contribution is -2.41. The summed E-state index contributed by atoms with van der Waals surface area (Å²) in [5.41, 5.74) is 1.89. The molecule has 0 spiro atoms. The average Bonchev–Trinajstić information content (AvgIpc) is 2.61. The number of hydrogen-bond acceptors (Lipinski definition) is 2. The van der Waals surface area contributed by atoms with Crippen molar-refractivity contribution >= 4 is 33.0 Å². The molecule has 0 bridgehead atoms. The third-order valence-electron chi connectivity index (χ3n) is 2.67. The molecule has 0 saturated carbocycles. The Morgan fingerprint density at radius 3 is 2.47 bits per heavy atom. The van der Waals surface area contributed by atoms with Crippen LogP contribution in [0, 0.1) is 13.8 Å². The Morgan fingerprint density at radius 1 is 1.29 bits per heavy atom. The number of carbonyl (C=O) groups is 1. The second-order valence-electron chi connectivity index (χ2n) is 3.91. The Labute approximate surface area is 113 Å². The summed E-state index contributed by atoms with van der Waals surface area (Å²) in [5.74, 6) is 0.145. The number of thiazole rings is 1. The number of nitrogens with zero attached hydrogens (tertiary/aromatic N) is 1. The van der Waals surface area contributed by atoms with Gasteiger partial charge in [0.15, 0.2) is 5.69 Å². The Balaban J connectivity index is 2.20. The minimum absolute atomic E-state index is 0.145. The molecule has 0 aliphatic rings. The second kappa shape index (κ2) is 5.10. The number of Topliss-reactive ketones (excluding diaryl/α,β-unsaturated/α-hetero) is 1. The van der Waals surface area contributed by atoms with Crippen molar-refractivity contribution in [2.45, 2.75) is 20.4 Å². The molecule has 0 radical (unpaired) electrons. The number of carbonyl (C=O) groups excluding carboxylic acids is 1. The van der Waals surface area contributed by atoms with E-state index in [0.29, 0.717) is 6.54 Å². The highest BCUT2D eigenvalue weighted by Crippen LogP contribution is 2.12. The third-order valence-corrected chi connectivity index (χ3v) is 4.22. The largest absolute Gasteiger partial charge is 0.287 e. The van der Waals surface area contributed by atoms with Crippen molar-refractivity contribution in [3.63, 3.8) is 0 Å². The molecular weight excluding hydrogens is 298 g/mol. The zero-order chi connectivity index (χ0) is 12.4. The number of aryl methyl sites for hydroxylation is 2. The summed E-state index contributed by atoms with van der Waals surface area (Å²) in [6, 6.07) is 7.49. The van der Waals surface area contributed by atoms with Crippen LogP contribution in [-0.2, 0) is 6.54 Å². The van der Waals surface area contributed by atoms with Crippen LogP contribution in [0.2, 0.25) is 0 Å². The van der Waals surface area contributed by atoms with E-state index in [2.05, 4.69) is 25.9 Å². The van der Waals surface area contributed by atoms with Gasteiger partial charge in [0.25, 0.3) is 0 Å². The number of hydrogen-bond donors (Lipinski definition) is 0. The molecule has 1 heterocycles. The first kappa shape index (κ1) is 12.5. The molecule has 88 valence electrons. The van der Waals surface area contributed by atoms with Gasteiger partial charge >= 0.3 is 0 Å². The minimum atomic E-state index is 0.145. The van der Waals surface area contributed by atoms with Crippen LogP contribution < -0.4 is 4.57 Å². The van der Waals surface area contributed by atoms with Gasteiger partial charge in [-0.2, -0.15) is 4.57 Å². The monoisotopic (exact) mass is 310 g/mol. The first-order valence-electron chi connectivity index (χ1n) is 5.31. The summed E-state index contributed by atoms with van der Waals surface area (Å²) < 4.78 is 3.04. The van der Waals surface area contributed by atoms with Gasteiger partial charge < -0.3 is 0 Å². The second-order valence-corrected chi connectivity index (χ2v) is 5.89. The van der Waals surface area contributed by atoms with Crippen molar-refractivity contribution in [1.29, 1.82) is 0 Å². The molecule has 4 heteroatoms. The van der Waals surface area contributed by atoms with Crippen LogP contribution in [0.15, 0.2) is 34.1 Å². The Kier molecular flexibility index (Phi) is 3.74. The van der Waals surface area contributed by atoms with E-state index in [1.807, 2.05) is 38.1 Å². The standard InChI is InChI=1S/C13H13BrNOS/c1-9-8-17-10(2)15(9)7-13(16)11-3-5-12(14)6-4-11/h3-6,8H,7H2,1-2H3/q+1. The van der Waals surface area contributed by atoms with Gasteiger partial charge in [-0.3, -0.25) is 4.79 Å². The van der Waals surface area contributed by atoms with Crippen LogP contribution in [0.1, 0.15) is 21.1 Å². The predicted octanol–water partition coefficient (Wildman–Crippen LogP) is 3.30. The molecule has 0 aliphatic carbocycles. The van der Waals surface area contributed by atoms with Gasteiger partial charge in [0.2, 0.25) is 17.3 Å². The zero-order valence-corrected chi connectivity index (χ0v) is 12.1. The fourth-order valence-electron chi connectivity index (χ4n) is 1.65. The molecule has 2 rings (SSSR count). The average molecular weight is 311 g/mol. The molecular formula is C13H13BrNOS+. The molecule has 2 aromatic rings. The maximum absolute atomic E-state index is 12.1. The predicted molar refractivity (Wildman–Crippen MR) is 72.5 cm³/mol. The van der Waals surface area contributed by atoms with Gasteiger partial charge in [-0.1, -0.05) is 39.4 Å². The summed E-state index contributed by atoms with van der Waals surface area (Å²) in [4.78, 5) is 12.1. The number of rotatable bonds is 3. The summed E-state index contributed by atoms with van der Waals surface area (Å²) in [6.45, 7) is 4.48. The molecule has 0 atom stereocenters. The summed E-state index contributed by atoms with van der Waals surface area (Å²) >= 11 is 5.04. The molecule has 1 aromatic carbocycles. The van der Waals surface area contributed by atoms with Crippen molar-refractivity contribution in [3.05, 3.63) is 50.4 Å². The van der Waals surface area contributed by atoms with Crippen LogP contribution in [0.25, 0.3) is 0 Å². The maximum Gasteiger partial charge on any atom is 0.234 e. The number of aromatic nitrogens is 1. The molecule has 0 aliphatic heterocycles. The van der Waals surface area contributed by atoms with Gasteiger partial charge in [0.05, 0.1) is 5.38 Å². The minimum Gasteiger partial charge on any atom is -0.287 e. The van der Waals surface area contributed by atoms with Crippen LogP contribution in [0.3, 0.4) is 0 Å². The molecule has 0 N–H and O–H groups in total. The maximum atomic E-state index is 12.1. The highest BCUT2D eigenvalue weighted by molar-refractivity contribution is 9.10. The topological polar surface area (TPSA) is 20.9 Å². The Hall–Kier alpha value is -1.000. The fraction of sp³-hybridized carbons (Fsp3) is 0.231. The smallest absolute Gasteiger partial charge is 0.234 e. The van der Waals surface area contributed by atoms with Crippen LogP contribution in [0.4, 0.5) is 0 Å². The van der Waals surface area contributed by atoms with Gasteiger partial charge in [0.1, 0.15) is 0 Å². The van der Waals surface area contributed by atoms with Gasteiger partial charge in [-0.15, -0.1) is 0 Å². The first-order valence-corrected chi connectivity index (χ1v) is 6.98. The van der Waals surface area contributed by atoms with Gasteiger partial charge in [-0.05, 0) is 12.1 Å². The van der Waals surface area contributed by atoms with E-state index in [1.54, 1.807) is 11.3 Å². The third kappa shape index (κ3) is 2.82. The summed E-state index contributed by atoms with van der Waals surface area (Å²) in [7, 11) is 0. The van der Waals surface area contributed by atoms with Crippen LogP contribution in [0.5, 0.6) is 0 Å². The molecule has 17 heavy (non-hydrogen) atoms. The van der Waals surface area contributed by atoms with Crippen LogP contribution >= 0.6 is 27.3 Å². The first-order chi connectivity index (χ1) is 8.08. The van der Waals surface area contributed by atoms with Crippen molar-refractivity contribution < 1.29 is 9.36 Å². The van der Waals surface area contributed by atoms with E-state index in [0.717, 1.165) is 20.7 Å². The van der Waals surface area contributed by atoms with E-state index < -0.39 is 0 Å². The van der Waals surface area contributed by atoms with E-state index in [9.17, 15) is 4.79 Å². The quantitative estimate of drug-likeness (QED) is 0.629. The molecule has 0 amide bonds. The number of ketones is 1. The lowest BCUT2D eigenvalue weighted by atomic mass is 10.1. The molecule has 1 aromatic heterocycles. The van der Waals surface area contributed by atoms with Crippen molar-refractivity contribution in [1.82, 2.24) is 0 Å². The lowest BCUT2D eigenvalue weighted by Gasteiger charge is -1.99. The highest BCUT2D eigenvalue weighted by Gasteiger charge is 2.18. The number of benzene rings is 1.